The number of carboxylic acid groups (broad SMARTS) is 1. The lowest BCUT2D eigenvalue weighted by atomic mass is 10.0. The van der Waals surface area contributed by atoms with E-state index in [-0.39, 0.29) is 5.56 Å². The predicted molar refractivity (Wildman–Crippen MR) is 63.2 cm³/mol. The Morgan fingerprint density at radius 2 is 2.06 bits per heavy atom. The number of ether oxygens (including phenoxy) is 1. The van der Waals surface area contributed by atoms with E-state index in [1.807, 2.05) is 13.0 Å². The molecule has 0 saturated heterocycles. The maximum Gasteiger partial charge on any atom is 0.339 e. The first-order valence-electron chi connectivity index (χ1n) is 5.68. The molecule has 0 heterocycles. The molecule has 0 aliphatic carbocycles. The van der Waals surface area contributed by atoms with Gasteiger partial charge in [-0.15, -0.1) is 0 Å². The third-order valence-corrected chi connectivity index (χ3v) is 2.30. The molecule has 1 rings (SSSR count). The van der Waals surface area contributed by atoms with Crippen LogP contribution in [-0.2, 0) is 6.42 Å². The Labute approximate surface area is 96.1 Å². The number of hydrogen-bond donors (Lipinski definition) is 1. The maximum atomic E-state index is 11.1. The first-order chi connectivity index (χ1) is 7.70. The molecule has 0 atom stereocenters. The Bertz CT molecular complexity index is 358. The van der Waals surface area contributed by atoms with Crippen molar-refractivity contribution >= 4 is 5.97 Å². The summed E-state index contributed by atoms with van der Waals surface area (Å²) in [6, 6.07) is 5.29. The molecule has 0 spiro atoms. The second kappa shape index (κ2) is 6.16. The molecule has 0 saturated carbocycles. The highest BCUT2D eigenvalue weighted by atomic mass is 16.5. The average molecular weight is 222 g/mol. The molecule has 3 heteroatoms. The minimum atomic E-state index is -0.927. The van der Waals surface area contributed by atoms with E-state index in [9.17, 15) is 4.79 Å². The van der Waals surface area contributed by atoms with Crippen LogP contribution in [0.1, 0.15) is 42.6 Å². The fraction of sp³-hybridized carbons (Fsp3) is 0.462. The predicted octanol–water partition coefficient (Wildman–Crippen LogP) is 3.13. The van der Waals surface area contributed by atoms with Gasteiger partial charge in [-0.05, 0) is 24.5 Å². The van der Waals surface area contributed by atoms with Crippen molar-refractivity contribution in [3.63, 3.8) is 0 Å². The van der Waals surface area contributed by atoms with Gasteiger partial charge >= 0.3 is 5.97 Å². The molecule has 0 radical (unpaired) electrons. The molecule has 0 aliphatic rings. The number of benzene rings is 1. The molecule has 0 bridgehead atoms. The van der Waals surface area contributed by atoms with Gasteiger partial charge in [0.05, 0.1) is 6.61 Å². The summed E-state index contributed by atoms with van der Waals surface area (Å²) in [5.74, 6) is -0.386. The van der Waals surface area contributed by atoms with Gasteiger partial charge in [-0.25, -0.2) is 4.79 Å². The van der Waals surface area contributed by atoms with E-state index in [1.165, 1.54) is 0 Å². The van der Waals surface area contributed by atoms with Gasteiger partial charge in [0.1, 0.15) is 11.3 Å². The van der Waals surface area contributed by atoms with Crippen LogP contribution in [0.25, 0.3) is 0 Å². The fourth-order valence-electron chi connectivity index (χ4n) is 1.59. The first-order valence-corrected chi connectivity index (χ1v) is 5.68. The molecule has 88 valence electrons. The van der Waals surface area contributed by atoms with E-state index in [1.54, 1.807) is 12.1 Å². The van der Waals surface area contributed by atoms with Gasteiger partial charge in [0.25, 0.3) is 0 Å². The monoisotopic (exact) mass is 222 g/mol. The van der Waals surface area contributed by atoms with Crippen molar-refractivity contribution in [2.45, 2.75) is 33.1 Å². The molecule has 1 aromatic carbocycles. The lowest BCUT2D eigenvalue weighted by molar-refractivity contribution is 0.0692. The summed E-state index contributed by atoms with van der Waals surface area (Å²) < 4.78 is 5.55. The third kappa shape index (κ3) is 2.99. The Kier molecular flexibility index (Phi) is 4.83. The van der Waals surface area contributed by atoms with Gasteiger partial charge in [0, 0.05) is 0 Å². The Morgan fingerprint density at radius 1 is 1.31 bits per heavy atom. The minimum Gasteiger partial charge on any atom is -0.492 e. The summed E-state index contributed by atoms with van der Waals surface area (Å²) >= 11 is 0. The van der Waals surface area contributed by atoms with Crippen molar-refractivity contribution < 1.29 is 14.6 Å². The van der Waals surface area contributed by atoms with Crippen molar-refractivity contribution in [1.82, 2.24) is 0 Å². The average Bonchev–Trinajstić information content (AvgIpc) is 2.27. The van der Waals surface area contributed by atoms with Crippen molar-refractivity contribution in [2.24, 2.45) is 0 Å². The van der Waals surface area contributed by atoms with Crippen molar-refractivity contribution in [1.29, 1.82) is 0 Å². The topological polar surface area (TPSA) is 46.5 Å². The number of carboxylic acids is 1. The molecular weight excluding hydrogens is 204 g/mol. The van der Waals surface area contributed by atoms with E-state index in [0.717, 1.165) is 24.8 Å². The quantitative estimate of drug-likeness (QED) is 0.804. The van der Waals surface area contributed by atoms with Crippen molar-refractivity contribution in [3.8, 4) is 5.75 Å². The van der Waals surface area contributed by atoms with Crippen LogP contribution in [0.3, 0.4) is 0 Å². The molecule has 16 heavy (non-hydrogen) atoms. The molecule has 0 unspecified atom stereocenters. The molecule has 1 N–H and O–H groups in total. The van der Waals surface area contributed by atoms with E-state index in [0.29, 0.717) is 12.4 Å². The summed E-state index contributed by atoms with van der Waals surface area (Å²) in [7, 11) is 0. The summed E-state index contributed by atoms with van der Waals surface area (Å²) in [5.41, 5.74) is 1.25. The van der Waals surface area contributed by atoms with Crippen LogP contribution in [0.15, 0.2) is 18.2 Å². The highest BCUT2D eigenvalue weighted by Crippen LogP contribution is 2.25. The zero-order chi connectivity index (χ0) is 12.0. The van der Waals surface area contributed by atoms with Crippen LogP contribution < -0.4 is 4.74 Å². The van der Waals surface area contributed by atoms with Gasteiger partial charge in [-0.2, -0.15) is 0 Å². The highest BCUT2D eigenvalue weighted by Gasteiger charge is 2.14. The van der Waals surface area contributed by atoms with Crippen LogP contribution in [0.2, 0.25) is 0 Å². The molecule has 0 aliphatic heterocycles. The number of hydrogen-bond acceptors (Lipinski definition) is 2. The molecule has 0 amide bonds. The standard InChI is InChI=1S/C13H18O3/c1-3-6-10-7-5-8-11(13(14)15)12(10)16-9-4-2/h5,7-8H,3-4,6,9H2,1-2H3,(H,14,15). The summed E-state index contributed by atoms with van der Waals surface area (Å²) in [6.45, 7) is 4.63. The second-order valence-corrected chi connectivity index (χ2v) is 3.70. The molecular formula is C13H18O3. The van der Waals surface area contributed by atoms with E-state index < -0.39 is 5.97 Å². The smallest absolute Gasteiger partial charge is 0.339 e. The summed E-state index contributed by atoms with van der Waals surface area (Å²) in [6.07, 6.45) is 2.70. The van der Waals surface area contributed by atoms with Crippen molar-refractivity contribution in [2.75, 3.05) is 6.61 Å². The Balaban J connectivity index is 3.07. The third-order valence-electron chi connectivity index (χ3n) is 2.30. The van der Waals surface area contributed by atoms with E-state index >= 15 is 0 Å². The summed E-state index contributed by atoms with van der Waals surface area (Å²) in [4.78, 5) is 11.1. The lowest BCUT2D eigenvalue weighted by Gasteiger charge is -2.12. The number of para-hydroxylation sites is 1. The normalized spacial score (nSPS) is 10.1. The van der Waals surface area contributed by atoms with Crippen LogP contribution in [0.5, 0.6) is 5.75 Å². The van der Waals surface area contributed by atoms with Gasteiger partial charge in [0.2, 0.25) is 0 Å². The first kappa shape index (κ1) is 12.6. The zero-order valence-electron chi connectivity index (χ0n) is 9.82. The Hall–Kier alpha value is -1.51. The van der Waals surface area contributed by atoms with Crippen LogP contribution in [-0.4, -0.2) is 17.7 Å². The van der Waals surface area contributed by atoms with Crippen LogP contribution in [0.4, 0.5) is 0 Å². The van der Waals surface area contributed by atoms with Gasteiger partial charge in [0.15, 0.2) is 0 Å². The van der Waals surface area contributed by atoms with Crippen LogP contribution >= 0.6 is 0 Å². The van der Waals surface area contributed by atoms with Crippen molar-refractivity contribution in [3.05, 3.63) is 29.3 Å². The lowest BCUT2D eigenvalue weighted by Crippen LogP contribution is -2.06. The number of aryl methyl sites for hydroxylation is 1. The second-order valence-electron chi connectivity index (χ2n) is 3.70. The van der Waals surface area contributed by atoms with Gasteiger partial charge in [-0.1, -0.05) is 32.4 Å². The number of aromatic carboxylic acids is 1. The van der Waals surface area contributed by atoms with Gasteiger partial charge in [-0.3, -0.25) is 0 Å². The molecule has 3 nitrogen and oxygen atoms in total. The molecule has 1 aromatic rings. The van der Waals surface area contributed by atoms with E-state index in [2.05, 4.69) is 6.92 Å². The van der Waals surface area contributed by atoms with E-state index in [4.69, 9.17) is 9.84 Å². The largest absolute Gasteiger partial charge is 0.492 e. The fourth-order valence-corrected chi connectivity index (χ4v) is 1.59. The van der Waals surface area contributed by atoms with Crippen LogP contribution in [0, 0.1) is 0 Å². The molecule has 0 fully saturated rings. The number of rotatable bonds is 6. The SMILES string of the molecule is CCCOc1c(CCC)cccc1C(=O)O. The Morgan fingerprint density at radius 3 is 2.62 bits per heavy atom. The van der Waals surface area contributed by atoms with Gasteiger partial charge < -0.3 is 9.84 Å². The number of carbonyl (C=O) groups is 1. The zero-order valence-corrected chi connectivity index (χ0v) is 9.82. The minimum absolute atomic E-state index is 0.263. The maximum absolute atomic E-state index is 11.1. The summed E-state index contributed by atoms with van der Waals surface area (Å²) in [5, 5.41) is 9.08. The highest BCUT2D eigenvalue weighted by molar-refractivity contribution is 5.91. The molecule has 0 aromatic heterocycles.